The van der Waals surface area contributed by atoms with E-state index in [4.69, 9.17) is 48.2 Å². The number of amides is 3. The summed E-state index contributed by atoms with van der Waals surface area (Å²) in [6.07, 6.45) is -18.1. The minimum Gasteiger partial charge on any atom is -0.467 e. The van der Waals surface area contributed by atoms with Gasteiger partial charge in [0.2, 0.25) is 6.29 Å². The van der Waals surface area contributed by atoms with E-state index in [2.05, 4.69) is 26.0 Å². The maximum absolute atomic E-state index is 13.2. The van der Waals surface area contributed by atoms with Crippen molar-refractivity contribution in [2.45, 2.75) is 145 Å². The molecule has 3 fully saturated rings. The van der Waals surface area contributed by atoms with Crippen molar-refractivity contribution >= 4 is 18.3 Å². The molecule has 3 aliphatic heterocycles. The van der Waals surface area contributed by atoms with Crippen LogP contribution < -0.4 is 16.0 Å². The summed E-state index contributed by atoms with van der Waals surface area (Å²) >= 11 is 0. The van der Waals surface area contributed by atoms with Crippen LogP contribution in [0, 0.1) is 5.92 Å². The Balaban J connectivity index is 1.11. The highest BCUT2D eigenvalue weighted by atomic mass is 16.8. The quantitative estimate of drug-likeness (QED) is 0.0370. The summed E-state index contributed by atoms with van der Waals surface area (Å²) in [5, 5.41) is 68.5. The van der Waals surface area contributed by atoms with Crippen LogP contribution in [0.1, 0.15) is 49.8 Å². The minimum atomic E-state index is -1.77. The maximum atomic E-state index is 13.2. The van der Waals surface area contributed by atoms with Gasteiger partial charge in [0.15, 0.2) is 12.6 Å². The average molecular weight is 1010 g/mol. The molecule has 3 heterocycles. The normalized spacial score (nSPS) is 32.2. The lowest BCUT2D eigenvalue weighted by molar-refractivity contribution is -0.288. The average Bonchev–Trinajstić information content (AvgIpc) is 3.69. The van der Waals surface area contributed by atoms with Gasteiger partial charge in [-0.15, -0.1) is 0 Å². The van der Waals surface area contributed by atoms with Gasteiger partial charge < -0.3 is 84.1 Å². The van der Waals surface area contributed by atoms with Crippen molar-refractivity contribution in [3.05, 3.63) is 130 Å². The molecule has 0 aromatic heterocycles. The molecule has 1 saturated carbocycles. The van der Waals surface area contributed by atoms with Crippen LogP contribution in [0.4, 0.5) is 14.4 Å². The van der Waals surface area contributed by atoms with Gasteiger partial charge >= 0.3 is 18.3 Å². The van der Waals surface area contributed by atoms with Gasteiger partial charge in [-0.1, -0.05) is 110 Å². The molecule has 16 atom stereocenters. The number of hydrogen-bond donors (Lipinski definition) is 8. The second-order valence-corrected chi connectivity index (χ2v) is 17.8. The lowest BCUT2D eigenvalue weighted by Gasteiger charge is -2.46. The molecule has 72 heavy (non-hydrogen) atoms. The second kappa shape index (κ2) is 26.0. The molecule has 0 radical (unpaired) electrons. The summed E-state index contributed by atoms with van der Waals surface area (Å²) in [7, 11) is 0. The van der Waals surface area contributed by atoms with E-state index < -0.39 is 123 Å². The number of nitrogens with zero attached hydrogens (tertiary/aromatic N) is 3. The molecule has 23 heteroatoms. The number of benzene rings is 3. The van der Waals surface area contributed by atoms with Gasteiger partial charge in [-0.2, -0.15) is 0 Å². The Kier molecular flexibility index (Phi) is 19.4. The summed E-state index contributed by atoms with van der Waals surface area (Å²) in [6, 6.07) is 23.4. The molecule has 4 aliphatic rings. The van der Waals surface area contributed by atoms with Gasteiger partial charge in [-0.25, -0.2) is 14.4 Å². The first-order chi connectivity index (χ1) is 34.8. The van der Waals surface area contributed by atoms with Crippen LogP contribution in [-0.2, 0) is 62.5 Å². The zero-order valence-corrected chi connectivity index (χ0v) is 39.6. The third kappa shape index (κ3) is 14.1. The fourth-order valence-corrected chi connectivity index (χ4v) is 8.91. The van der Waals surface area contributed by atoms with Crippen molar-refractivity contribution in [2.24, 2.45) is 11.0 Å². The van der Waals surface area contributed by atoms with Gasteiger partial charge in [-0.05, 0) is 53.5 Å². The van der Waals surface area contributed by atoms with Crippen molar-refractivity contribution in [1.29, 1.82) is 0 Å². The number of hydrogen-bond acceptors (Lipinski definition) is 18. The number of ether oxygens (including phenoxy) is 9. The fraction of sp³-hybridized carbons (Fsp3) is 0.531. The number of carbonyl (C=O) groups is 3. The summed E-state index contributed by atoms with van der Waals surface area (Å²) in [4.78, 5) is 42.3. The van der Waals surface area contributed by atoms with Crippen LogP contribution >= 0.6 is 0 Å². The lowest BCUT2D eigenvalue weighted by atomic mass is 9.80. The van der Waals surface area contributed by atoms with Crippen LogP contribution in [0.5, 0.6) is 0 Å². The van der Waals surface area contributed by atoms with Crippen molar-refractivity contribution in [1.82, 2.24) is 16.0 Å². The highest BCUT2D eigenvalue weighted by molar-refractivity contribution is 5.68. The van der Waals surface area contributed by atoms with E-state index in [1.807, 2.05) is 12.1 Å². The molecule has 0 spiro atoms. The third-order valence-corrected chi connectivity index (χ3v) is 12.7. The van der Waals surface area contributed by atoms with Crippen LogP contribution in [0.2, 0.25) is 0 Å². The number of aliphatic hydroxyl groups excluding tert-OH is 5. The zero-order chi connectivity index (χ0) is 51.1. The molecular weight excluding hydrogens is 945 g/mol. The predicted octanol–water partition coefficient (Wildman–Crippen LogP) is 3.30. The molecule has 3 aromatic carbocycles. The molecule has 3 aromatic rings. The monoisotopic (exact) mass is 1010 g/mol. The first-order valence-corrected chi connectivity index (χ1v) is 23.7. The van der Waals surface area contributed by atoms with Crippen LogP contribution in [0.3, 0.4) is 0 Å². The first-order valence-electron chi connectivity index (χ1n) is 23.7. The number of aliphatic hydroxyl groups is 5. The minimum absolute atomic E-state index is 0.0377. The molecule has 1 aliphatic carbocycles. The number of alkyl carbamates (subject to hydrolysis) is 3. The molecule has 2 saturated heterocycles. The molecule has 390 valence electrons. The van der Waals surface area contributed by atoms with Crippen molar-refractivity contribution < 1.29 is 82.5 Å². The van der Waals surface area contributed by atoms with E-state index in [0.29, 0.717) is 5.56 Å². The van der Waals surface area contributed by atoms with Gasteiger partial charge in [0.25, 0.3) is 0 Å². The molecule has 23 nitrogen and oxygen atoms in total. The smallest absolute Gasteiger partial charge is 0.407 e. The lowest BCUT2D eigenvalue weighted by Crippen LogP contribution is -2.65. The van der Waals surface area contributed by atoms with Crippen LogP contribution in [-0.4, -0.2) is 149 Å². The molecule has 7 rings (SSSR count). The van der Waals surface area contributed by atoms with Gasteiger partial charge in [0, 0.05) is 4.91 Å². The zero-order valence-electron chi connectivity index (χ0n) is 39.6. The second-order valence-electron chi connectivity index (χ2n) is 17.8. The SMILES string of the molecule is CCC1O[C@H](O[C@H]2[C@@H](O)[C@H](O[C@@H]3[C@@H](O)[C@H](NC(=O)OCc4ccccc4)C[C@H](C)[C@H]3O[C@H]3OC(CN=[N+]=[N-])=CC[C@H]3NC(=O)OCc3ccccc3)O[C@@H]2CO)[C@H](NC(=O)OCc2ccccc2)[C@@H](O)[C@@H]1O. The summed E-state index contributed by atoms with van der Waals surface area (Å²) in [5.74, 6) is -0.373. The van der Waals surface area contributed by atoms with Gasteiger partial charge in [-0.3, -0.25) is 0 Å². The molecular formula is C49H62N6O17. The highest BCUT2D eigenvalue weighted by Gasteiger charge is 2.55. The van der Waals surface area contributed by atoms with Crippen molar-refractivity contribution in [3.63, 3.8) is 0 Å². The molecule has 1 unspecified atom stereocenters. The van der Waals surface area contributed by atoms with E-state index in [1.165, 1.54) is 0 Å². The number of carbonyl (C=O) groups excluding carboxylic acids is 3. The summed E-state index contributed by atoms with van der Waals surface area (Å²) in [6.45, 7) is 2.27. The Morgan fingerprint density at radius 1 is 0.653 bits per heavy atom. The van der Waals surface area contributed by atoms with E-state index in [1.54, 1.807) is 98.8 Å². The van der Waals surface area contributed by atoms with E-state index in [9.17, 15) is 39.9 Å². The Morgan fingerprint density at radius 2 is 1.17 bits per heavy atom. The number of nitrogens with one attached hydrogen (secondary N) is 3. The Hall–Kier alpha value is -6.08. The van der Waals surface area contributed by atoms with E-state index >= 15 is 0 Å². The summed E-state index contributed by atoms with van der Waals surface area (Å²) < 4.78 is 53.8. The number of azide groups is 1. The molecule has 3 amide bonds. The predicted molar refractivity (Wildman–Crippen MR) is 249 cm³/mol. The maximum Gasteiger partial charge on any atom is 0.407 e. The molecule has 0 bridgehead atoms. The Morgan fingerprint density at radius 3 is 1.71 bits per heavy atom. The van der Waals surface area contributed by atoms with Gasteiger partial charge in [0.05, 0.1) is 37.4 Å². The third-order valence-electron chi connectivity index (χ3n) is 12.7. The van der Waals surface area contributed by atoms with Gasteiger partial charge in [0.1, 0.15) is 74.3 Å². The van der Waals surface area contributed by atoms with Crippen molar-refractivity contribution in [2.75, 3.05) is 13.2 Å². The summed E-state index contributed by atoms with van der Waals surface area (Å²) in [5.41, 5.74) is 11.2. The highest BCUT2D eigenvalue weighted by Crippen LogP contribution is 2.37. The first kappa shape index (κ1) is 53.7. The van der Waals surface area contributed by atoms with Crippen LogP contribution in [0.25, 0.3) is 10.4 Å². The van der Waals surface area contributed by atoms with E-state index in [0.717, 1.165) is 11.1 Å². The topological polar surface area (TPSA) is 320 Å². The van der Waals surface area contributed by atoms with Crippen LogP contribution in [0.15, 0.2) is 108 Å². The Bertz CT molecular complexity index is 2280. The largest absolute Gasteiger partial charge is 0.467 e. The standard InChI is InChI=1S/C49H62N6O17/c1-3-34-38(58)39(59)36(54-49(63)66-26-30-17-11-6-12-18-30)45(68-34)71-42-35(23-56)69-46(40(42)60)72-43-37(57)33(53-48(62)65-25-29-15-9-5-10-16-29)21-27(2)41(43)70-44-32(20-19-31(67-44)22-51-55-50)52-47(61)64-24-28-13-7-4-8-14-28/h4-19,27,32-46,56-60H,3,20-26H2,1-2H3,(H,52,61)(H,53,62)(H,54,63)/t27-,32+,33+,34?,35+,36+,37-,38+,39+,40+,41+,42+,43+,44+,45+,46-/m0/s1. The fourth-order valence-electron chi connectivity index (χ4n) is 8.91. The number of rotatable bonds is 19. The molecule has 8 N–H and O–H groups in total. The van der Waals surface area contributed by atoms with E-state index in [-0.39, 0.29) is 51.4 Å². The van der Waals surface area contributed by atoms with Crippen molar-refractivity contribution in [3.8, 4) is 0 Å². The Labute approximate surface area is 414 Å².